The number of aryl methyl sites for hydroxylation is 1. The summed E-state index contributed by atoms with van der Waals surface area (Å²) in [7, 11) is 0. The van der Waals surface area contributed by atoms with Crippen LogP contribution in [0.25, 0.3) is 11.1 Å². The molecule has 5 aromatic rings. The van der Waals surface area contributed by atoms with E-state index in [9.17, 15) is 24.3 Å². The molecule has 0 spiro atoms. The predicted octanol–water partition coefficient (Wildman–Crippen LogP) is 8.44. The van der Waals surface area contributed by atoms with Crippen LogP contribution in [0, 0.1) is 12.3 Å². The van der Waals surface area contributed by atoms with Crippen molar-refractivity contribution in [2.45, 2.75) is 33.6 Å². The lowest BCUT2D eigenvalue weighted by Gasteiger charge is -2.12. The largest absolute Gasteiger partial charge is 0.481 e. The van der Waals surface area contributed by atoms with Crippen LogP contribution in [0.3, 0.4) is 0 Å². The van der Waals surface area contributed by atoms with Gasteiger partial charge in [-0.3, -0.25) is 14.4 Å². The highest BCUT2D eigenvalue weighted by Crippen LogP contribution is 2.28. The predicted molar refractivity (Wildman–Crippen MR) is 194 cm³/mol. The second kappa shape index (κ2) is 18.0. The molecule has 0 fully saturated rings. The minimum absolute atomic E-state index is 0. The highest BCUT2D eigenvalue weighted by molar-refractivity contribution is 6.10. The first kappa shape index (κ1) is 37.0. The summed E-state index contributed by atoms with van der Waals surface area (Å²) in [6.07, 6.45) is 7.25. The average molecular weight is 655 g/mol. The lowest BCUT2D eigenvalue weighted by molar-refractivity contribution is -0.136. The van der Waals surface area contributed by atoms with Gasteiger partial charge in [-0.05, 0) is 83.3 Å². The van der Waals surface area contributed by atoms with E-state index < -0.39 is 11.9 Å². The zero-order chi connectivity index (χ0) is 34.5. The molecule has 4 N–H and O–H groups in total. The van der Waals surface area contributed by atoms with Gasteiger partial charge in [-0.15, -0.1) is 6.42 Å². The Morgan fingerprint density at radius 1 is 0.633 bits per heavy atom. The molecule has 0 heterocycles. The maximum Gasteiger partial charge on any atom is 0.336 e. The number of nitrogens with one attached hydrogen (secondary N) is 2. The summed E-state index contributed by atoms with van der Waals surface area (Å²) in [5, 5.41) is 24.0. The number of rotatable bonds is 10. The Morgan fingerprint density at radius 3 is 1.63 bits per heavy atom. The summed E-state index contributed by atoms with van der Waals surface area (Å²) in [4.78, 5) is 47.4. The number of hydrogen-bond donors (Lipinski definition) is 4. The summed E-state index contributed by atoms with van der Waals surface area (Å²) < 4.78 is 0. The second-order valence-corrected chi connectivity index (χ2v) is 10.7. The molecule has 248 valence electrons. The van der Waals surface area contributed by atoms with Crippen molar-refractivity contribution in [3.63, 3.8) is 0 Å². The van der Waals surface area contributed by atoms with Gasteiger partial charge in [-0.25, -0.2) is 4.79 Å². The first-order valence-corrected chi connectivity index (χ1v) is 15.2. The van der Waals surface area contributed by atoms with Gasteiger partial charge in [0.05, 0.1) is 12.0 Å². The van der Waals surface area contributed by atoms with Crippen LogP contribution >= 0.6 is 0 Å². The van der Waals surface area contributed by atoms with Crippen molar-refractivity contribution in [3.8, 4) is 23.5 Å². The zero-order valence-electron chi connectivity index (χ0n) is 26.3. The Kier molecular flexibility index (Phi) is 13.6. The number of terminal acetylenes is 1. The molecule has 0 aliphatic heterocycles. The number of aliphatic carboxylic acids is 1. The van der Waals surface area contributed by atoms with Crippen LogP contribution in [0.2, 0.25) is 0 Å². The van der Waals surface area contributed by atoms with E-state index in [-0.39, 0.29) is 31.2 Å². The molecule has 8 heteroatoms. The molecule has 0 unspecified atom stereocenters. The number of amides is 2. The quantitative estimate of drug-likeness (QED) is 0.112. The van der Waals surface area contributed by atoms with Crippen LogP contribution in [0.1, 0.15) is 68.5 Å². The number of carbonyl (C=O) groups excluding carboxylic acids is 2. The Labute approximate surface area is 286 Å². The Balaban J connectivity index is 0.000000264. The maximum absolute atomic E-state index is 12.7. The van der Waals surface area contributed by atoms with Crippen molar-refractivity contribution in [1.29, 1.82) is 0 Å². The zero-order valence-corrected chi connectivity index (χ0v) is 26.3. The molecule has 5 rings (SSSR count). The van der Waals surface area contributed by atoms with Gasteiger partial charge in [0.15, 0.2) is 0 Å². The van der Waals surface area contributed by atoms with Gasteiger partial charge in [0.1, 0.15) is 0 Å². The smallest absolute Gasteiger partial charge is 0.336 e. The second-order valence-electron chi connectivity index (χ2n) is 10.7. The van der Waals surface area contributed by atoms with Crippen molar-refractivity contribution >= 4 is 35.1 Å². The summed E-state index contributed by atoms with van der Waals surface area (Å²) >= 11 is 0. The molecule has 49 heavy (non-hydrogen) atoms. The summed E-state index contributed by atoms with van der Waals surface area (Å²) in [6, 6.07) is 34.9. The molecule has 8 nitrogen and oxygen atoms in total. The van der Waals surface area contributed by atoms with E-state index in [1.165, 1.54) is 11.6 Å². The van der Waals surface area contributed by atoms with E-state index in [1.807, 2.05) is 24.3 Å². The van der Waals surface area contributed by atoms with Crippen molar-refractivity contribution in [2.24, 2.45) is 0 Å². The minimum atomic E-state index is -1.04. The molecule has 0 saturated heterocycles. The van der Waals surface area contributed by atoms with Crippen LogP contribution < -0.4 is 10.6 Å². The molecule has 0 radical (unpaired) electrons. The monoisotopic (exact) mass is 654 g/mol. The fourth-order valence-electron chi connectivity index (χ4n) is 4.97. The third-order valence-electron chi connectivity index (χ3n) is 7.28. The highest BCUT2D eigenvalue weighted by Gasteiger charge is 2.18. The molecule has 0 bridgehead atoms. The molecular formula is C41H38N2O6. The molecule has 0 saturated carbocycles. The molecule has 5 aromatic carbocycles. The highest BCUT2D eigenvalue weighted by atomic mass is 16.4. The third-order valence-corrected chi connectivity index (χ3v) is 7.28. The fourth-order valence-corrected chi connectivity index (χ4v) is 4.97. The Bertz CT molecular complexity index is 1960. The summed E-state index contributed by atoms with van der Waals surface area (Å²) in [5.41, 5.74) is 5.75. The van der Waals surface area contributed by atoms with Crippen LogP contribution in [0.15, 0.2) is 121 Å². The van der Waals surface area contributed by atoms with E-state index in [2.05, 4.69) is 23.5 Å². The summed E-state index contributed by atoms with van der Waals surface area (Å²) in [5.74, 6) is -0.0936. The summed E-state index contributed by atoms with van der Waals surface area (Å²) in [6.45, 7) is 2.12. The SMILES string of the molecule is C.C#Cc1ccc(NC(=O)c2ccccc2-c2ccccc2C(=O)O)cc1.CCCc1ccc(NC(=O)c2ccccc2CC(=O)O)cc1. The normalized spacial score (nSPS) is 9.88. The van der Waals surface area contributed by atoms with Gasteiger partial charge in [0.2, 0.25) is 0 Å². The Hall–Kier alpha value is -6.46. The van der Waals surface area contributed by atoms with Gasteiger partial charge in [0.25, 0.3) is 11.8 Å². The number of benzene rings is 5. The van der Waals surface area contributed by atoms with Crippen LogP contribution in [0.4, 0.5) is 11.4 Å². The molecule has 0 aliphatic carbocycles. The van der Waals surface area contributed by atoms with Gasteiger partial charge < -0.3 is 20.8 Å². The van der Waals surface area contributed by atoms with Crippen molar-refractivity contribution in [1.82, 2.24) is 0 Å². The maximum atomic E-state index is 12.7. The molecule has 2 amide bonds. The van der Waals surface area contributed by atoms with Gasteiger partial charge in [-0.1, -0.05) is 93.4 Å². The lowest BCUT2D eigenvalue weighted by Crippen LogP contribution is -2.15. The van der Waals surface area contributed by atoms with Gasteiger partial charge in [0, 0.05) is 28.1 Å². The number of hydrogen-bond acceptors (Lipinski definition) is 4. The topological polar surface area (TPSA) is 133 Å². The van der Waals surface area contributed by atoms with Crippen LogP contribution in [-0.4, -0.2) is 34.0 Å². The molecule has 0 aliphatic rings. The first-order valence-electron chi connectivity index (χ1n) is 15.2. The lowest BCUT2D eigenvalue weighted by atomic mass is 9.95. The van der Waals surface area contributed by atoms with E-state index in [4.69, 9.17) is 11.5 Å². The van der Waals surface area contributed by atoms with Crippen molar-refractivity contribution in [2.75, 3.05) is 10.6 Å². The van der Waals surface area contributed by atoms with Crippen LogP contribution in [-0.2, 0) is 17.6 Å². The first-order chi connectivity index (χ1) is 23.2. The fraction of sp³-hybridized carbons (Fsp3) is 0.122. The molecule has 0 aromatic heterocycles. The van der Waals surface area contributed by atoms with E-state index in [0.717, 1.165) is 18.4 Å². The number of carboxylic acid groups (broad SMARTS) is 2. The third kappa shape index (κ3) is 10.3. The van der Waals surface area contributed by atoms with E-state index >= 15 is 0 Å². The van der Waals surface area contributed by atoms with Crippen molar-refractivity contribution in [3.05, 3.63) is 155 Å². The number of aromatic carboxylic acids is 1. The van der Waals surface area contributed by atoms with Crippen LogP contribution in [0.5, 0.6) is 0 Å². The Morgan fingerprint density at radius 2 is 1.10 bits per heavy atom. The van der Waals surface area contributed by atoms with E-state index in [0.29, 0.717) is 39.2 Å². The number of carbonyl (C=O) groups is 4. The van der Waals surface area contributed by atoms with Gasteiger partial charge >= 0.3 is 11.9 Å². The average Bonchev–Trinajstić information content (AvgIpc) is 3.10. The number of anilines is 2. The standard InChI is InChI=1S/C22H15NO3.C18H19NO3.CH4/c1-2-15-11-13-16(14-12-15)23-21(24)19-9-5-3-7-17(19)18-8-4-6-10-20(18)22(25)26;1-2-5-13-8-10-15(11-9-13)19-18(22)16-7-4-3-6-14(16)12-17(20)21;/h1,3-14H,(H,23,24)(H,25,26);3-4,6-11H,2,5,12H2,1H3,(H,19,22)(H,20,21);1H4. The van der Waals surface area contributed by atoms with Crippen molar-refractivity contribution < 1.29 is 29.4 Å². The number of carboxylic acids is 2. The van der Waals surface area contributed by atoms with Gasteiger partial charge in [-0.2, -0.15) is 0 Å². The molecule has 0 atom stereocenters. The molecular weight excluding hydrogens is 616 g/mol. The van der Waals surface area contributed by atoms with E-state index in [1.54, 1.807) is 91.0 Å². The minimum Gasteiger partial charge on any atom is -0.481 e.